The molecule has 0 saturated carbocycles. The molecule has 1 heterocycles. The number of carbonyl (C=O) groups is 2. The first-order valence-corrected chi connectivity index (χ1v) is 10.7. The highest BCUT2D eigenvalue weighted by molar-refractivity contribution is 6.05. The molecule has 32 heavy (non-hydrogen) atoms. The fourth-order valence-electron chi connectivity index (χ4n) is 4.23. The molecule has 1 amide bonds. The smallest absolute Gasteiger partial charge is 0.255 e. The van der Waals surface area contributed by atoms with Crippen molar-refractivity contribution < 1.29 is 9.59 Å². The van der Waals surface area contributed by atoms with Gasteiger partial charge in [-0.25, -0.2) is 0 Å². The van der Waals surface area contributed by atoms with Crippen molar-refractivity contribution >= 4 is 28.6 Å². The van der Waals surface area contributed by atoms with Gasteiger partial charge in [-0.3, -0.25) is 14.5 Å². The van der Waals surface area contributed by atoms with Gasteiger partial charge in [0.25, 0.3) is 5.91 Å². The molecule has 0 saturated heterocycles. The summed E-state index contributed by atoms with van der Waals surface area (Å²) < 4.78 is 0. The Morgan fingerprint density at radius 3 is 2.44 bits per heavy atom. The summed E-state index contributed by atoms with van der Waals surface area (Å²) >= 11 is 0. The van der Waals surface area contributed by atoms with Gasteiger partial charge in [-0.15, -0.1) is 0 Å². The molecule has 3 N–H and O–H groups in total. The minimum absolute atomic E-state index is 0.0123. The van der Waals surface area contributed by atoms with Crippen LogP contribution in [0.5, 0.6) is 0 Å². The van der Waals surface area contributed by atoms with Gasteiger partial charge in [0.2, 0.25) is 0 Å². The highest BCUT2D eigenvalue weighted by Gasteiger charge is 2.29. The zero-order valence-corrected chi connectivity index (χ0v) is 18.2. The molecule has 3 aromatic carbocycles. The summed E-state index contributed by atoms with van der Waals surface area (Å²) in [5.74, 6) is -0.0429. The number of hydrogen-bond donors (Lipinski definition) is 2. The third-order valence-corrected chi connectivity index (χ3v) is 5.83. The van der Waals surface area contributed by atoms with E-state index >= 15 is 0 Å². The van der Waals surface area contributed by atoms with E-state index in [1.54, 1.807) is 19.1 Å². The summed E-state index contributed by atoms with van der Waals surface area (Å²) in [6.45, 7) is 7.26. The van der Waals surface area contributed by atoms with Gasteiger partial charge in [0.1, 0.15) is 5.78 Å². The second-order valence-corrected chi connectivity index (χ2v) is 8.26. The summed E-state index contributed by atoms with van der Waals surface area (Å²) in [5.41, 5.74) is 12.0. The predicted octanol–water partition coefficient (Wildman–Crippen LogP) is 5.07. The van der Waals surface area contributed by atoms with E-state index in [4.69, 9.17) is 5.73 Å². The number of nitrogen functional groups attached to an aromatic ring is 1. The molecule has 0 spiro atoms. The number of benzene rings is 3. The Kier molecular flexibility index (Phi) is 6.19. The van der Waals surface area contributed by atoms with E-state index in [0.29, 0.717) is 36.4 Å². The Morgan fingerprint density at radius 1 is 1.03 bits per heavy atom. The molecule has 0 bridgehead atoms. The zero-order valence-electron chi connectivity index (χ0n) is 18.2. The summed E-state index contributed by atoms with van der Waals surface area (Å²) in [4.78, 5) is 26.9. The molecular formula is C27H27N3O2. The van der Waals surface area contributed by atoms with E-state index < -0.39 is 0 Å². The van der Waals surface area contributed by atoms with Crippen LogP contribution in [0.3, 0.4) is 0 Å². The van der Waals surface area contributed by atoms with Crippen LogP contribution in [0, 0.1) is 0 Å². The third kappa shape index (κ3) is 4.63. The second kappa shape index (κ2) is 9.20. The molecule has 162 valence electrons. The Balaban J connectivity index is 1.51. The summed E-state index contributed by atoms with van der Waals surface area (Å²) in [5, 5.41) is 2.85. The zero-order chi connectivity index (χ0) is 22.7. The lowest BCUT2D eigenvalue weighted by Crippen LogP contribution is -2.35. The van der Waals surface area contributed by atoms with Gasteiger partial charge in [-0.05, 0) is 53.5 Å². The van der Waals surface area contributed by atoms with Crippen molar-refractivity contribution in [3.63, 3.8) is 0 Å². The number of Topliss-reactive ketones (excluding diaryl/α,β-unsaturated/α-hetero) is 1. The lowest BCUT2D eigenvalue weighted by Gasteiger charge is -2.38. The van der Waals surface area contributed by atoms with E-state index in [1.165, 1.54) is 0 Å². The molecule has 1 unspecified atom stereocenters. The molecule has 1 atom stereocenters. The van der Waals surface area contributed by atoms with Crippen molar-refractivity contribution in [1.29, 1.82) is 0 Å². The number of nitrogens with one attached hydrogen (secondary N) is 1. The van der Waals surface area contributed by atoms with Crippen molar-refractivity contribution in [2.75, 3.05) is 17.6 Å². The molecule has 1 aliphatic rings. The first-order valence-electron chi connectivity index (χ1n) is 10.7. The van der Waals surface area contributed by atoms with Gasteiger partial charge in [-0.1, -0.05) is 55.1 Å². The van der Waals surface area contributed by atoms with Crippen molar-refractivity contribution in [3.05, 3.63) is 102 Å². The average molecular weight is 426 g/mol. The largest absolute Gasteiger partial charge is 0.397 e. The SMILES string of the molecule is C=C1CN(Cc2ccc(C(=O)Nc3ccccc3N)cc2)C(CC(C)=O)c2ccccc21. The maximum Gasteiger partial charge on any atom is 0.255 e. The summed E-state index contributed by atoms with van der Waals surface area (Å²) in [6, 6.07) is 22.9. The average Bonchev–Trinajstić information content (AvgIpc) is 2.78. The van der Waals surface area contributed by atoms with Crippen LogP contribution in [-0.2, 0) is 11.3 Å². The number of nitrogens with zero attached hydrogens (tertiary/aromatic N) is 1. The molecule has 0 aromatic heterocycles. The van der Waals surface area contributed by atoms with Gasteiger partial charge in [0.15, 0.2) is 0 Å². The number of anilines is 2. The Labute approximate surface area is 188 Å². The van der Waals surface area contributed by atoms with Gasteiger partial charge >= 0.3 is 0 Å². The van der Waals surface area contributed by atoms with Crippen LogP contribution in [0.1, 0.15) is 46.4 Å². The topological polar surface area (TPSA) is 75.4 Å². The fraction of sp³-hybridized carbons (Fsp3) is 0.185. The van der Waals surface area contributed by atoms with Gasteiger partial charge < -0.3 is 11.1 Å². The molecule has 0 aliphatic carbocycles. The van der Waals surface area contributed by atoms with E-state index in [2.05, 4.69) is 28.9 Å². The first-order chi connectivity index (χ1) is 15.4. The molecule has 4 rings (SSSR count). The Morgan fingerprint density at radius 2 is 1.72 bits per heavy atom. The molecule has 0 radical (unpaired) electrons. The van der Waals surface area contributed by atoms with E-state index in [9.17, 15) is 9.59 Å². The van der Waals surface area contributed by atoms with E-state index in [0.717, 1.165) is 22.3 Å². The quantitative estimate of drug-likeness (QED) is 0.541. The molecule has 0 fully saturated rings. The van der Waals surface area contributed by atoms with Crippen LogP contribution in [0.15, 0.2) is 79.4 Å². The van der Waals surface area contributed by atoms with Crippen molar-refractivity contribution in [1.82, 2.24) is 4.90 Å². The summed E-state index contributed by atoms with van der Waals surface area (Å²) in [6.07, 6.45) is 0.462. The minimum atomic E-state index is -0.204. The van der Waals surface area contributed by atoms with Crippen molar-refractivity contribution in [2.24, 2.45) is 0 Å². The second-order valence-electron chi connectivity index (χ2n) is 8.26. The number of para-hydroxylation sites is 2. The molecule has 5 heteroatoms. The lowest BCUT2D eigenvalue weighted by molar-refractivity contribution is -0.118. The maximum absolute atomic E-state index is 12.6. The molecule has 3 aromatic rings. The van der Waals surface area contributed by atoms with Crippen LogP contribution >= 0.6 is 0 Å². The number of hydrogen-bond acceptors (Lipinski definition) is 4. The number of ketones is 1. The van der Waals surface area contributed by atoms with Crippen LogP contribution in [-0.4, -0.2) is 23.1 Å². The molecule has 5 nitrogen and oxygen atoms in total. The van der Waals surface area contributed by atoms with E-state index in [1.807, 2.05) is 48.5 Å². The van der Waals surface area contributed by atoms with Crippen LogP contribution in [0.4, 0.5) is 11.4 Å². The fourth-order valence-corrected chi connectivity index (χ4v) is 4.23. The highest BCUT2D eigenvalue weighted by atomic mass is 16.1. The van der Waals surface area contributed by atoms with E-state index in [-0.39, 0.29) is 17.7 Å². The van der Waals surface area contributed by atoms with Gasteiger partial charge in [-0.2, -0.15) is 0 Å². The highest BCUT2D eigenvalue weighted by Crippen LogP contribution is 2.37. The normalized spacial score (nSPS) is 15.8. The number of amides is 1. The van der Waals surface area contributed by atoms with Crippen LogP contribution < -0.4 is 11.1 Å². The van der Waals surface area contributed by atoms with Gasteiger partial charge in [0.05, 0.1) is 11.4 Å². The Bertz CT molecular complexity index is 1170. The molecule has 1 aliphatic heterocycles. The maximum atomic E-state index is 12.6. The first kappa shape index (κ1) is 21.5. The number of carbonyl (C=O) groups excluding carboxylic acids is 2. The van der Waals surface area contributed by atoms with Crippen LogP contribution in [0.25, 0.3) is 5.57 Å². The standard InChI is InChI=1S/C27H27N3O2/c1-18-16-30(26(15-19(2)31)23-8-4-3-7-22(18)23)17-20-11-13-21(14-12-20)27(32)29-25-10-6-5-9-24(25)28/h3-14,26H,1,15-17,28H2,2H3,(H,29,32). The van der Waals surface area contributed by atoms with Gasteiger partial charge in [0, 0.05) is 31.1 Å². The predicted molar refractivity (Wildman–Crippen MR) is 129 cm³/mol. The third-order valence-electron chi connectivity index (χ3n) is 5.83. The van der Waals surface area contributed by atoms with Crippen molar-refractivity contribution in [3.8, 4) is 0 Å². The number of rotatable bonds is 6. The Hall–Kier alpha value is -3.70. The molecular weight excluding hydrogens is 398 g/mol. The van der Waals surface area contributed by atoms with Crippen molar-refractivity contribution in [2.45, 2.75) is 25.9 Å². The number of fused-ring (bicyclic) bond motifs is 1. The monoisotopic (exact) mass is 425 g/mol. The van der Waals surface area contributed by atoms with Crippen LogP contribution in [0.2, 0.25) is 0 Å². The minimum Gasteiger partial charge on any atom is -0.397 e. The summed E-state index contributed by atoms with van der Waals surface area (Å²) in [7, 11) is 0. The number of nitrogens with two attached hydrogens (primary N) is 1. The lowest BCUT2D eigenvalue weighted by atomic mass is 9.87.